The molecule has 0 aliphatic carbocycles. The fourth-order valence-corrected chi connectivity index (χ4v) is 3.45. The van der Waals surface area contributed by atoms with Crippen LogP contribution < -0.4 is 10.2 Å². The fraction of sp³-hybridized carbons (Fsp3) is 0.333. The molecule has 2 aromatic heterocycles. The summed E-state index contributed by atoms with van der Waals surface area (Å²) in [6, 6.07) is 7.54. The van der Waals surface area contributed by atoms with Crippen molar-refractivity contribution in [1.29, 1.82) is 0 Å². The molecule has 1 saturated heterocycles. The van der Waals surface area contributed by atoms with Crippen molar-refractivity contribution in [3.05, 3.63) is 48.0 Å². The van der Waals surface area contributed by atoms with Gasteiger partial charge in [0.05, 0.1) is 5.52 Å². The zero-order chi connectivity index (χ0) is 17.1. The molecule has 7 heteroatoms. The van der Waals surface area contributed by atoms with E-state index in [0.717, 1.165) is 48.7 Å². The lowest BCUT2D eigenvalue weighted by Gasteiger charge is -2.32. The number of fused-ring (bicyclic) bond motifs is 1. The number of nitrogens with one attached hydrogen (secondary N) is 1. The molecule has 0 bridgehead atoms. The number of rotatable bonds is 4. The van der Waals surface area contributed by atoms with Crippen molar-refractivity contribution < 1.29 is 0 Å². The van der Waals surface area contributed by atoms with Crippen molar-refractivity contribution in [3.8, 4) is 0 Å². The van der Waals surface area contributed by atoms with Crippen LogP contribution in [0, 0.1) is 5.92 Å². The summed E-state index contributed by atoms with van der Waals surface area (Å²) in [5.74, 6) is 2.19. The fourth-order valence-electron chi connectivity index (χ4n) is 3.28. The number of nitrogens with zero attached hydrogens (tertiary/aromatic N) is 5. The minimum absolute atomic E-state index is 0.523. The van der Waals surface area contributed by atoms with Crippen molar-refractivity contribution in [3.63, 3.8) is 0 Å². The number of hydrogen-bond acceptors (Lipinski definition) is 6. The van der Waals surface area contributed by atoms with Gasteiger partial charge in [0.1, 0.15) is 12.1 Å². The summed E-state index contributed by atoms with van der Waals surface area (Å²) < 4.78 is 0. The molecule has 0 spiro atoms. The Labute approximate surface area is 151 Å². The van der Waals surface area contributed by atoms with Crippen LogP contribution in [-0.4, -0.2) is 39.6 Å². The summed E-state index contributed by atoms with van der Waals surface area (Å²) in [6.07, 6.45) is 7.49. The third-order valence-electron chi connectivity index (χ3n) is 4.51. The van der Waals surface area contributed by atoms with E-state index < -0.39 is 0 Å². The second-order valence-corrected chi connectivity index (χ2v) is 6.70. The maximum Gasteiger partial charge on any atom is 0.225 e. The Morgan fingerprint density at radius 2 is 2.04 bits per heavy atom. The van der Waals surface area contributed by atoms with Crippen LogP contribution in [0.1, 0.15) is 12.8 Å². The van der Waals surface area contributed by atoms with Crippen molar-refractivity contribution in [2.24, 2.45) is 5.92 Å². The maximum atomic E-state index is 6.05. The van der Waals surface area contributed by atoms with Crippen molar-refractivity contribution >= 4 is 34.3 Å². The van der Waals surface area contributed by atoms with Crippen molar-refractivity contribution in [2.45, 2.75) is 12.8 Å². The molecular formula is C18H19ClN6. The van der Waals surface area contributed by atoms with Gasteiger partial charge < -0.3 is 10.2 Å². The Bertz CT molecular complexity index is 857. The average molecular weight is 355 g/mol. The van der Waals surface area contributed by atoms with Gasteiger partial charge in [-0.1, -0.05) is 11.6 Å². The highest BCUT2D eigenvalue weighted by atomic mass is 35.5. The number of halogens is 1. The Hall–Kier alpha value is -2.47. The molecule has 0 amide bonds. The first-order valence-electron chi connectivity index (χ1n) is 8.46. The summed E-state index contributed by atoms with van der Waals surface area (Å²) in [7, 11) is 0. The summed E-state index contributed by atoms with van der Waals surface area (Å²) in [5.41, 5.74) is 0.855. The Balaban J connectivity index is 1.45. The molecule has 0 saturated carbocycles. The molecule has 1 fully saturated rings. The van der Waals surface area contributed by atoms with E-state index in [1.165, 1.54) is 6.42 Å². The van der Waals surface area contributed by atoms with Gasteiger partial charge in [-0.25, -0.2) is 19.9 Å². The highest BCUT2D eigenvalue weighted by Crippen LogP contribution is 2.24. The summed E-state index contributed by atoms with van der Waals surface area (Å²) >= 11 is 6.05. The average Bonchev–Trinajstić information content (AvgIpc) is 2.67. The van der Waals surface area contributed by atoms with Gasteiger partial charge in [0.15, 0.2) is 0 Å². The van der Waals surface area contributed by atoms with Crippen molar-refractivity contribution in [2.75, 3.05) is 29.9 Å². The van der Waals surface area contributed by atoms with Crippen LogP contribution in [0.2, 0.25) is 5.02 Å². The monoisotopic (exact) mass is 354 g/mol. The molecule has 1 aromatic carbocycles. The zero-order valence-corrected chi connectivity index (χ0v) is 14.5. The molecule has 1 atom stereocenters. The van der Waals surface area contributed by atoms with Gasteiger partial charge >= 0.3 is 0 Å². The van der Waals surface area contributed by atoms with Gasteiger partial charge in [-0.2, -0.15) is 0 Å². The molecule has 25 heavy (non-hydrogen) atoms. The minimum atomic E-state index is 0.523. The van der Waals surface area contributed by atoms with E-state index in [-0.39, 0.29) is 0 Å². The molecule has 1 aliphatic rings. The van der Waals surface area contributed by atoms with E-state index in [1.54, 1.807) is 18.7 Å². The Morgan fingerprint density at radius 1 is 1.16 bits per heavy atom. The quantitative estimate of drug-likeness (QED) is 0.774. The predicted molar refractivity (Wildman–Crippen MR) is 100 cm³/mol. The van der Waals surface area contributed by atoms with Gasteiger partial charge in [-0.05, 0) is 43.0 Å². The number of anilines is 2. The molecule has 1 N–H and O–H groups in total. The number of piperidine rings is 1. The highest BCUT2D eigenvalue weighted by molar-refractivity contribution is 6.31. The third kappa shape index (κ3) is 3.64. The smallest absolute Gasteiger partial charge is 0.225 e. The standard InChI is InChI=1S/C18H19ClN6/c19-14-4-5-15-16(9-14)23-12-24-17(15)22-10-13-3-1-8-25(11-13)18-20-6-2-7-21-18/h2,4-7,9,12-13H,1,3,8,10-11H2,(H,22,23,24). The van der Waals surface area contributed by atoms with E-state index in [9.17, 15) is 0 Å². The molecular weight excluding hydrogens is 336 g/mol. The lowest BCUT2D eigenvalue weighted by molar-refractivity contribution is 0.427. The number of hydrogen-bond donors (Lipinski definition) is 1. The van der Waals surface area contributed by atoms with E-state index in [4.69, 9.17) is 11.6 Å². The second kappa shape index (κ2) is 7.19. The molecule has 4 rings (SSSR count). The molecule has 1 aliphatic heterocycles. The van der Waals surface area contributed by atoms with Crippen LogP contribution in [-0.2, 0) is 0 Å². The summed E-state index contributed by atoms with van der Waals surface area (Å²) in [4.78, 5) is 19.7. The van der Waals surface area contributed by atoms with E-state index in [0.29, 0.717) is 10.9 Å². The van der Waals surface area contributed by atoms with Crippen LogP contribution in [0.3, 0.4) is 0 Å². The molecule has 128 valence electrons. The summed E-state index contributed by atoms with van der Waals surface area (Å²) in [5, 5.41) is 5.16. The SMILES string of the molecule is Clc1ccc2c(NCC3CCCN(c4ncccn4)C3)ncnc2c1. The van der Waals surface area contributed by atoms with Gasteiger partial charge in [-0.15, -0.1) is 0 Å². The Morgan fingerprint density at radius 3 is 2.92 bits per heavy atom. The van der Waals surface area contributed by atoms with Gasteiger partial charge in [-0.3, -0.25) is 0 Å². The van der Waals surface area contributed by atoms with Crippen LogP contribution >= 0.6 is 11.6 Å². The van der Waals surface area contributed by atoms with Gasteiger partial charge in [0.2, 0.25) is 5.95 Å². The predicted octanol–water partition coefficient (Wildman–Crippen LogP) is 3.40. The highest BCUT2D eigenvalue weighted by Gasteiger charge is 2.21. The van der Waals surface area contributed by atoms with Crippen LogP contribution in [0.5, 0.6) is 0 Å². The van der Waals surface area contributed by atoms with E-state index in [2.05, 4.69) is 30.2 Å². The first kappa shape index (κ1) is 16.0. The van der Waals surface area contributed by atoms with E-state index in [1.807, 2.05) is 24.3 Å². The Kier molecular flexibility index (Phi) is 4.61. The maximum absolute atomic E-state index is 6.05. The molecule has 6 nitrogen and oxygen atoms in total. The number of benzene rings is 1. The minimum Gasteiger partial charge on any atom is -0.369 e. The second-order valence-electron chi connectivity index (χ2n) is 6.27. The number of aromatic nitrogens is 4. The van der Waals surface area contributed by atoms with Crippen LogP contribution in [0.15, 0.2) is 43.0 Å². The molecule has 3 aromatic rings. The van der Waals surface area contributed by atoms with Crippen molar-refractivity contribution in [1.82, 2.24) is 19.9 Å². The summed E-state index contributed by atoms with van der Waals surface area (Å²) in [6.45, 7) is 2.82. The molecule has 3 heterocycles. The zero-order valence-electron chi connectivity index (χ0n) is 13.8. The first-order valence-corrected chi connectivity index (χ1v) is 8.83. The molecule has 1 unspecified atom stereocenters. The molecule has 0 radical (unpaired) electrons. The lowest BCUT2D eigenvalue weighted by Crippen LogP contribution is -2.39. The lowest BCUT2D eigenvalue weighted by atomic mass is 9.98. The third-order valence-corrected chi connectivity index (χ3v) is 4.75. The van der Waals surface area contributed by atoms with Gasteiger partial charge in [0.25, 0.3) is 0 Å². The normalized spacial score (nSPS) is 17.6. The first-order chi connectivity index (χ1) is 12.3. The van der Waals surface area contributed by atoms with Crippen LogP contribution in [0.25, 0.3) is 10.9 Å². The largest absolute Gasteiger partial charge is 0.369 e. The van der Waals surface area contributed by atoms with E-state index >= 15 is 0 Å². The van der Waals surface area contributed by atoms with Gasteiger partial charge in [0, 0.05) is 42.4 Å². The topological polar surface area (TPSA) is 66.8 Å². The van der Waals surface area contributed by atoms with Crippen LogP contribution in [0.4, 0.5) is 11.8 Å².